The summed E-state index contributed by atoms with van der Waals surface area (Å²) in [6.45, 7) is 2.66. The summed E-state index contributed by atoms with van der Waals surface area (Å²) in [4.78, 5) is 0. The summed E-state index contributed by atoms with van der Waals surface area (Å²) in [7, 11) is 1.66. The topological polar surface area (TPSA) is 49.2 Å². The summed E-state index contributed by atoms with van der Waals surface area (Å²) in [5.41, 5.74) is 1.18. The molecule has 0 N–H and O–H groups in total. The van der Waals surface area contributed by atoms with Gasteiger partial charge in [-0.2, -0.15) is 0 Å². The molecule has 3 aromatic rings. The lowest BCUT2D eigenvalue weighted by Crippen LogP contribution is -2.16. The smallest absolute Gasteiger partial charge is 0.191 e. The highest BCUT2D eigenvalue weighted by atomic mass is 79.9. The van der Waals surface area contributed by atoms with Crippen molar-refractivity contribution in [2.75, 3.05) is 13.7 Å². The van der Waals surface area contributed by atoms with E-state index in [1.807, 2.05) is 23.6 Å². The number of rotatable bonds is 9. The van der Waals surface area contributed by atoms with Crippen LogP contribution in [0.15, 0.2) is 58.2 Å². The molecule has 5 nitrogen and oxygen atoms in total. The molecule has 1 aromatic heterocycles. The molecule has 0 aliphatic rings. The van der Waals surface area contributed by atoms with Crippen LogP contribution in [-0.2, 0) is 17.1 Å². The van der Waals surface area contributed by atoms with Crippen LogP contribution in [0.3, 0.4) is 0 Å². The van der Waals surface area contributed by atoms with E-state index in [9.17, 15) is 4.39 Å². The van der Waals surface area contributed by atoms with Crippen molar-refractivity contribution in [1.29, 1.82) is 0 Å². The maximum absolute atomic E-state index is 13.8. The molecule has 0 aliphatic carbocycles. The molecular formula is C20H21BrFN3O2S. The molecule has 0 bridgehead atoms. The SMILES string of the molecule is COCC(C)n1c(COc2ccccc2F)nnc1SCc1cccc(Br)c1. The molecule has 28 heavy (non-hydrogen) atoms. The van der Waals surface area contributed by atoms with E-state index in [-0.39, 0.29) is 18.4 Å². The molecule has 0 radical (unpaired) electrons. The van der Waals surface area contributed by atoms with Gasteiger partial charge in [0, 0.05) is 17.3 Å². The van der Waals surface area contributed by atoms with Gasteiger partial charge in [-0.1, -0.05) is 52.0 Å². The zero-order valence-corrected chi connectivity index (χ0v) is 18.0. The fraction of sp³-hybridized carbons (Fsp3) is 0.300. The number of aromatic nitrogens is 3. The molecule has 0 fully saturated rings. The zero-order valence-electron chi connectivity index (χ0n) is 15.6. The molecule has 0 saturated carbocycles. The van der Waals surface area contributed by atoms with Crippen LogP contribution in [0.2, 0.25) is 0 Å². The van der Waals surface area contributed by atoms with E-state index in [2.05, 4.69) is 38.3 Å². The summed E-state index contributed by atoms with van der Waals surface area (Å²) in [5.74, 6) is 1.18. The second kappa shape index (κ2) is 10.0. The largest absolute Gasteiger partial charge is 0.483 e. The quantitative estimate of drug-likeness (QED) is 0.403. The summed E-state index contributed by atoms with van der Waals surface area (Å²) < 4.78 is 27.8. The Bertz CT molecular complexity index is 922. The molecule has 3 rings (SSSR count). The number of para-hydroxylation sites is 1. The van der Waals surface area contributed by atoms with Crippen molar-refractivity contribution < 1.29 is 13.9 Å². The third kappa shape index (κ3) is 5.33. The number of halogens is 2. The van der Waals surface area contributed by atoms with Gasteiger partial charge < -0.3 is 9.47 Å². The van der Waals surface area contributed by atoms with Crippen LogP contribution in [0.25, 0.3) is 0 Å². The molecule has 0 amide bonds. The molecule has 0 saturated heterocycles. The molecule has 1 unspecified atom stereocenters. The van der Waals surface area contributed by atoms with Gasteiger partial charge in [0.2, 0.25) is 0 Å². The molecule has 0 spiro atoms. The highest BCUT2D eigenvalue weighted by molar-refractivity contribution is 9.10. The van der Waals surface area contributed by atoms with E-state index < -0.39 is 5.82 Å². The Morgan fingerprint density at radius 3 is 2.75 bits per heavy atom. The number of ether oxygens (including phenoxy) is 2. The molecule has 148 valence electrons. The van der Waals surface area contributed by atoms with Gasteiger partial charge in [0.1, 0.15) is 6.61 Å². The predicted molar refractivity (Wildman–Crippen MR) is 111 cm³/mol. The number of benzene rings is 2. The van der Waals surface area contributed by atoms with E-state index in [1.54, 1.807) is 37.1 Å². The lowest BCUT2D eigenvalue weighted by molar-refractivity contribution is 0.154. The van der Waals surface area contributed by atoms with Crippen LogP contribution in [0.4, 0.5) is 4.39 Å². The van der Waals surface area contributed by atoms with Crippen LogP contribution >= 0.6 is 27.7 Å². The van der Waals surface area contributed by atoms with Gasteiger partial charge in [-0.05, 0) is 36.8 Å². The molecule has 0 aliphatic heterocycles. The first-order valence-corrected chi connectivity index (χ1v) is 10.5. The number of nitrogens with zero attached hydrogens (tertiary/aromatic N) is 3. The third-order valence-corrected chi connectivity index (χ3v) is 5.54. The second-order valence-electron chi connectivity index (χ2n) is 6.21. The lowest BCUT2D eigenvalue weighted by atomic mass is 10.2. The number of thioether (sulfide) groups is 1. The molecular weight excluding hydrogens is 445 g/mol. The van der Waals surface area contributed by atoms with Gasteiger partial charge in [-0.15, -0.1) is 10.2 Å². The molecule has 2 aromatic carbocycles. The predicted octanol–water partition coefficient (Wildman–Crippen LogP) is 5.26. The van der Waals surface area contributed by atoms with Crippen LogP contribution in [0, 0.1) is 5.82 Å². The highest BCUT2D eigenvalue weighted by Crippen LogP contribution is 2.27. The maximum atomic E-state index is 13.8. The summed E-state index contributed by atoms with van der Waals surface area (Å²) in [6.07, 6.45) is 0. The fourth-order valence-electron chi connectivity index (χ4n) is 2.74. The van der Waals surface area contributed by atoms with Gasteiger partial charge >= 0.3 is 0 Å². The lowest BCUT2D eigenvalue weighted by Gasteiger charge is -2.17. The van der Waals surface area contributed by atoms with E-state index >= 15 is 0 Å². The zero-order chi connectivity index (χ0) is 19.9. The van der Waals surface area contributed by atoms with Crippen LogP contribution in [0.1, 0.15) is 24.4 Å². The van der Waals surface area contributed by atoms with Crippen molar-refractivity contribution in [3.63, 3.8) is 0 Å². The van der Waals surface area contributed by atoms with Gasteiger partial charge in [-0.25, -0.2) is 4.39 Å². The van der Waals surface area contributed by atoms with E-state index in [0.29, 0.717) is 12.4 Å². The highest BCUT2D eigenvalue weighted by Gasteiger charge is 2.19. The Morgan fingerprint density at radius 1 is 1.18 bits per heavy atom. The van der Waals surface area contributed by atoms with Crippen LogP contribution in [-0.4, -0.2) is 28.5 Å². The van der Waals surface area contributed by atoms with Crippen LogP contribution < -0.4 is 4.74 Å². The van der Waals surface area contributed by atoms with Gasteiger partial charge in [0.15, 0.2) is 22.5 Å². The van der Waals surface area contributed by atoms with Crippen molar-refractivity contribution in [2.24, 2.45) is 0 Å². The van der Waals surface area contributed by atoms with Crippen molar-refractivity contribution in [2.45, 2.75) is 30.5 Å². The number of hydrogen-bond acceptors (Lipinski definition) is 5. The molecule has 1 heterocycles. The normalized spacial score (nSPS) is 12.1. The number of hydrogen-bond donors (Lipinski definition) is 0. The van der Waals surface area contributed by atoms with Gasteiger partial charge in [0.25, 0.3) is 0 Å². The Labute approximate surface area is 176 Å². The first kappa shape index (κ1) is 20.8. The summed E-state index contributed by atoms with van der Waals surface area (Å²) in [5, 5.41) is 9.38. The maximum Gasteiger partial charge on any atom is 0.191 e. The minimum absolute atomic E-state index is 0.0178. The Morgan fingerprint density at radius 2 is 2.00 bits per heavy atom. The van der Waals surface area contributed by atoms with Gasteiger partial charge in [0.05, 0.1) is 12.6 Å². The van der Waals surface area contributed by atoms with E-state index in [0.717, 1.165) is 15.4 Å². The van der Waals surface area contributed by atoms with Crippen molar-refractivity contribution in [3.8, 4) is 5.75 Å². The minimum Gasteiger partial charge on any atom is -0.483 e. The molecule has 8 heteroatoms. The Hall–Kier alpha value is -1.90. The van der Waals surface area contributed by atoms with Crippen LogP contribution in [0.5, 0.6) is 5.75 Å². The van der Waals surface area contributed by atoms with Gasteiger partial charge in [-0.3, -0.25) is 4.57 Å². The fourth-order valence-corrected chi connectivity index (χ4v) is 4.19. The monoisotopic (exact) mass is 465 g/mol. The second-order valence-corrected chi connectivity index (χ2v) is 8.07. The van der Waals surface area contributed by atoms with E-state index in [4.69, 9.17) is 9.47 Å². The minimum atomic E-state index is -0.400. The van der Waals surface area contributed by atoms with Crippen molar-refractivity contribution in [1.82, 2.24) is 14.8 Å². The average Bonchev–Trinajstić information content (AvgIpc) is 3.09. The first-order valence-electron chi connectivity index (χ1n) is 8.75. The Kier molecular flexibility index (Phi) is 7.47. The first-order chi connectivity index (χ1) is 13.6. The molecule has 1 atom stereocenters. The Balaban J connectivity index is 1.77. The average molecular weight is 466 g/mol. The number of methoxy groups -OCH3 is 1. The van der Waals surface area contributed by atoms with Crippen molar-refractivity contribution in [3.05, 3.63) is 70.2 Å². The third-order valence-electron chi connectivity index (χ3n) is 4.03. The van der Waals surface area contributed by atoms with Crippen molar-refractivity contribution >= 4 is 27.7 Å². The standard InChI is InChI=1S/C20H21BrFN3O2S/c1-14(11-26-2)25-19(12-27-18-9-4-3-8-17(18)22)23-24-20(25)28-13-15-6-5-7-16(21)10-15/h3-10,14H,11-13H2,1-2H3. The summed E-state index contributed by atoms with van der Waals surface area (Å²) in [6, 6.07) is 14.5. The van der Waals surface area contributed by atoms with E-state index in [1.165, 1.54) is 11.6 Å². The summed E-state index contributed by atoms with van der Waals surface area (Å²) >= 11 is 5.09.